The van der Waals surface area contributed by atoms with E-state index in [4.69, 9.17) is 0 Å². The summed E-state index contributed by atoms with van der Waals surface area (Å²) in [6.45, 7) is 6.24. The van der Waals surface area contributed by atoms with Crippen LogP contribution < -0.4 is 0 Å². The van der Waals surface area contributed by atoms with Crippen LogP contribution in [0.15, 0.2) is 24.7 Å². The van der Waals surface area contributed by atoms with E-state index in [1.165, 1.54) is 5.56 Å². The molecule has 0 aliphatic heterocycles. The average molecular weight is 241 g/mol. The second kappa shape index (κ2) is 3.94. The molecule has 0 unspecified atom stereocenters. The van der Waals surface area contributed by atoms with Crippen LogP contribution in [0.2, 0.25) is 0 Å². The number of imidazole rings is 1. The molecule has 0 saturated carbocycles. The summed E-state index contributed by atoms with van der Waals surface area (Å²) in [6.07, 6.45) is 3.91. The SMILES string of the molecule is Cc1nc(-c2ncn3cc(C(C)C)ccc23)n[nH]1. The lowest BCUT2D eigenvalue weighted by Gasteiger charge is -2.05. The van der Waals surface area contributed by atoms with E-state index >= 15 is 0 Å². The normalized spacial score (nSPS) is 11.6. The van der Waals surface area contributed by atoms with Gasteiger partial charge < -0.3 is 4.40 Å². The quantitative estimate of drug-likeness (QED) is 0.750. The van der Waals surface area contributed by atoms with Crippen molar-refractivity contribution in [3.63, 3.8) is 0 Å². The zero-order valence-corrected chi connectivity index (χ0v) is 10.7. The Morgan fingerprint density at radius 1 is 1.28 bits per heavy atom. The van der Waals surface area contributed by atoms with Gasteiger partial charge in [-0.05, 0) is 24.5 Å². The summed E-state index contributed by atoms with van der Waals surface area (Å²) >= 11 is 0. The Morgan fingerprint density at radius 2 is 2.11 bits per heavy atom. The standard InChI is InChI=1S/C13H15N5/c1-8(2)10-4-5-11-12(14-7-18(11)6-10)13-15-9(3)16-17-13/h4-8H,1-3H3,(H,15,16,17). The Hall–Kier alpha value is -2.17. The van der Waals surface area contributed by atoms with Gasteiger partial charge in [0.25, 0.3) is 0 Å². The van der Waals surface area contributed by atoms with E-state index in [9.17, 15) is 0 Å². The minimum Gasteiger partial charge on any atom is -0.305 e. The van der Waals surface area contributed by atoms with Crippen LogP contribution in [0.1, 0.15) is 31.2 Å². The van der Waals surface area contributed by atoms with Crippen molar-refractivity contribution in [2.45, 2.75) is 26.7 Å². The van der Waals surface area contributed by atoms with Crippen molar-refractivity contribution in [1.82, 2.24) is 24.6 Å². The van der Waals surface area contributed by atoms with E-state index < -0.39 is 0 Å². The number of hydrogen-bond acceptors (Lipinski definition) is 3. The highest BCUT2D eigenvalue weighted by molar-refractivity contribution is 5.72. The zero-order valence-electron chi connectivity index (χ0n) is 10.7. The van der Waals surface area contributed by atoms with Gasteiger partial charge in [0.1, 0.15) is 17.8 Å². The number of aromatic nitrogens is 5. The molecule has 3 heterocycles. The number of H-pyrrole nitrogens is 1. The molecule has 0 fully saturated rings. The maximum absolute atomic E-state index is 4.40. The fourth-order valence-corrected chi connectivity index (χ4v) is 1.98. The minimum atomic E-state index is 0.506. The largest absolute Gasteiger partial charge is 0.305 e. The number of nitrogens with zero attached hydrogens (tertiary/aromatic N) is 4. The monoisotopic (exact) mass is 241 g/mol. The highest BCUT2D eigenvalue weighted by Gasteiger charge is 2.12. The van der Waals surface area contributed by atoms with E-state index in [1.807, 2.05) is 17.7 Å². The number of rotatable bonds is 2. The van der Waals surface area contributed by atoms with E-state index in [0.717, 1.165) is 17.0 Å². The van der Waals surface area contributed by atoms with Gasteiger partial charge in [0.05, 0.1) is 5.52 Å². The van der Waals surface area contributed by atoms with Crippen LogP contribution >= 0.6 is 0 Å². The summed E-state index contributed by atoms with van der Waals surface area (Å²) in [5, 5.41) is 6.99. The van der Waals surface area contributed by atoms with Crippen LogP contribution in [-0.4, -0.2) is 24.6 Å². The molecule has 0 atom stereocenters. The van der Waals surface area contributed by atoms with Crippen molar-refractivity contribution in [3.05, 3.63) is 36.0 Å². The van der Waals surface area contributed by atoms with Gasteiger partial charge in [0.2, 0.25) is 5.82 Å². The molecule has 5 nitrogen and oxygen atoms in total. The molecular formula is C13H15N5. The van der Waals surface area contributed by atoms with Crippen molar-refractivity contribution in [2.24, 2.45) is 0 Å². The summed E-state index contributed by atoms with van der Waals surface area (Å²) in [6, 6.07) is 4.20. The first-order valence-electron chi connectivity index (χ1n) is 6.01. The first kappa shape index (κ1) is 11.0. The summed E-state index contributed by atoms with van der Waals surface area (Å²) in [5.74, 6) is 1.95. The van der Waals surface area contributed by atoms with Gasteiger partial charge >= 0.3 is 0 Å². The highest BCUT2D eigenvalue weighted by atomic mass is 15.2. The highest BCUT2D eigenvalue weighted by Crippen LogP contribution is 2.22. The third-order valence-electron chi connectivity index (χ3n) is 3.03. The van der Waals surface area contributed by atoms with Gasteiger partial charge in [-0.3, -0.25) is 5.10 Å². The molecule has 0 spiro atoms. The molecule has 3 aromatic heterocycles. The lowest BCUT2D eigenvalue weighted by molar-refractivity contribution is 0.853. The molecule has 3 rings (SSSR count). The van der Waals surface area contributed by atoms with Gasteiger partial charge in [0, 0.05) is 6.20 Å². The first-order valence-corrected chi connectivity index (χ1v) is 6.01. The molecule has 0 bridgehead atoms. The second-order valence-electron chi connectivity index (χ2n) is 4.75. The molecule has 0 aromatic carbocycles. The average Bonchev–Trinajstić information content (AvgIpc) is 2.93. The second-order valence-corrected chi connectivity index (χ2v) is 4.75. The first-order chi connectivity index (χ1) is 8.65. The summed E-state index contributed by atoms with van der Waals surface area (Å²) in [7, 11) is 0. The van der Waals surface area contributed by atoms with E-state index in [2.05, 4.69) is 52.3 Å². The van der Waals surface area contributed by atoms with Crippen LogP contribution in [0.25, 0.3) is 17.0 Å². The van der Waals surface area contributed by atoms with E-state index in [1.54, 1.807) is 0 Å². The van der Waals surface area contributed by atoms with Crippen LogP contribution in [0.4, 0.5) is 0 Å². The maximum atomic E-state index is 4.40. The number of aryl methyl sites for hydroxylation is 1. The predicted octanol–water partition coefficient (Wildman–Crippen LogP) is 2.55. The van der Waals surface area contributed by atoms with E-state index in [0.29, 0.717) is 11.7 Å². The van der Waals surface area contributed by atoms with Crippen molar-refractivity contribution in [3.8, 4) is 11.5 Å². The molecule has 0 aliphatic rings. The molecule has 5 heteroatoms. The van der Waals surface area contributed by atoms with Gasteiger partial charge in [-0.1, -0.05) is 19.9 Å². The third kappa shape index (κ3) is 1.68. The third-order valence-corrected chi connectivity index (χ3v) is 3.03. The smallest absolute Gasteiger partial charge is 0.201 e. The number of nitrogens with one attached hydrogen (secondary N) is 1. The van der Waals surface area contributed by atoms with Crippen LogP contribution in [-0.2, 0) is 0 Å². The molecule has 0 radical (unpaired) electrons. The van der Waals surface area contributed by atoms with Crippen molar-refractivity contribution < 1.29 is 0 Å². The summed E-state index contributed by atoms with van der Waals surface area (Å²) < 4.78 is 2.02. The fraction of sp³-hybridized carbons (Fsp3) is 0.308. The Balaban J connectivity index is 2.15. The molecular weight excluding hydrogens is 226 g/mol. The number of aromatic amines is 1. The predicted molar refractivity (Wildman–Crippen MR) is 69.4 cm³/mol. The topological polar surface area (TPSA) is 58.9 Å². The molecule has 0 saturated heterocycles. The Labute approximate surface area is 105 Å². The number of fused-ring (bicyclic) bond motifs is 1. The molecule has 92 valence electrons. The van der Waals surface area contributed by atoms with E-state index in [-0.39, 0.29) is 0 Å². The molecule has 18 heavy (non-hydrogen) atoms. The van der Waals surface area contributed by atoms with Crippen LogP contribution in [0.3, 0.4) is 0 Å². The van der Waals surface area contributed by atoms with Gasteiger partial charge in [-0.2, -0.15) is 5.10 Å². The van der Waals surface area contributed by atoms with Gasteiger partial charge in [0.15, 0.2) is 0 Å². The lowest BCUT2D eigenvalue weighted by atomic mass is 10.1. The van der Waals surface area contributed by atoms with Crippen molar-refractivity contribution in [2.75, 3.05) is 0 Å². The molecule has 1 N–H and O–H groups in total. The van der Waals surface area contributed by atoms with Crippen LogP contribution in [0, 0.1) is 6.92 Å². The van der Waals surface area contributed by atoms with Crippen LogP contribution in [0.5, 0.6) is 0 Å². The lowest BCUT2D eigenvalue weighted by Crippen LogP contribution is -1.91. The van der Waals surface area contributed by atoms with Gasteiger partial charge in [-0.15, -0.1) is 0 Å². The Bertz CT molecular complexity index is 692. The number of hydrogen-bond donors (Lipinski definition) is 1. The Morgan fingerprint density at radius 3 is 2.78 bits per heavy atom. The van der Waals surface area contributed by atoms with Gasteiger partial charge in [-0.25, -0.2) is 9.97 Å². The maximum Gasteiger partial charge on any atom is 0.201 e. The fourth-order valence-electron chi connectivity index (χ4n) is 1.98. The summed E-state index contributed by atoms with van der Waals surface area (Å²) in [4.78, 5) is 8.72. The molecule has 0 amide bonds. The van der Waals surface area contributed by atoms with Crippen molar-refractivity contribution in [1.29, 1.82) is 0 Å². The Kier molecular flexibility index (Phi) is 2.40. The minimum absolute atomic E-state index is 0.506. The number of pyridine rings is 1. The zero-order chi connectivity index (χ0) is 12.7. The van der Waals surface area contributed by atoms with Crippen molar-refractivity contribution >= 4 is 5.52 Å². The molecule has 3 aromatic rings. The molecule has 0 aliphatic carbocycles. The summed E-state index contributed by atoms with van der Waals surface area (Å²) in [5.41, 5.74) is 3.13.